The lowest BCUT2D eigenvalue weighted by atomic mass is 10.1. The van der Waals surface area contributed by atoms with Crippen molar-refractivity contribution in [2.75, 3.05) is 24.2 Å². The average molecular weight is 293 g/mol. The van der Waals surface area contributed by atoms with Crippen LogP contribution in [0.1, 0.15) is 45.5 Å². The lowest BCUT2D eigenvalue weighted by Gasteiger charge is -2.21. The molecule has 1 aromatic heterocycles. The van der Waals surface area contributed by atoms with Crippen LogP contribution in [0.4, 0.5) is 11.6 Å². The smallest absolute Gasteiger partial charge is 0.239 e. The van der Waals surface area contributed by atoms with E-state index in [1.54, 1.807) is 0 Å². The van der Waals surface area contributed by atoms with Crippen LogP contribution in [-0.4, -0.2) is 35.0 Å². The fraction of sp³-hybridized carbons (Fsp3) is 0.667. The minimum absolute atomic E-state index is 0.0523. The van der Waals surface area contributed by atoms with E-state index in [1.165, 1.54) is 0 Å². The molecule has 0 saturated heterocycles. The highest BCUT2D eigenvalue weighted by Gasteiger charge is 2.15. The van der Waals surface area contributed by atoms with Crippen molar-refractivity contribution in [1.29, 1.82) is 0 Å². The maximum Gasteiger partial charge on any atom is 0.239 e. The van der Waals surface area contributed by atoms with Gasteiger partial charge in [0.05, 0.1) is 6.54 Å². The maximum absolute atomic E-state index is 11.9. The number of aryl methyl sites for hydroxylation is 1. The lowest BCUT2D eigenvalue weighted by Crippen LogP contribution is -2.43. The third kappa shape index (κ3) is 5.57. The van der Waals surface area contributed by atoms with Gasteiger partial charge in [-0.15, -0.1) is 0 Å². The van der Waals surface area contributed by atoms with Crippen LogP contribution in [0.25, 0.3) is 0 Å². The Morgan fingerprint density at radius 1 is 1.19 bits per heavy atom. The molecule has 0 bridgehead atoms. The van der Waals surface area contributed by atoms with E-state index >= 15 is 0 Å². The highest BCUT2D eigenvalue weighted by Crippen LogP contribution is 2.19. The summed E-state index contributed by atoms with van der Waals surface area (Å²) >= 11 is 0. The molecule has 0 radical (unpaired) electrons. The summed E-state index contributed by atoms with van der Waals surface area (Å²) in [5.41, 5.74) is 0.684. The van der Waals surface area contributed by atoms with Gasteiger partial charge in [0.25, 0.3) is 0 Å². The summed E-state index contributed by atoms with van der Waals surface area (Å²) in [5.74, 6) is 2.24. The molecule has 0 spiro atoms. The Labute approximate surface area is 127 Å². The van der Waals surface area contributed by atoms with Gasteiger partial charge in [-0.2, -0.15) is 0 Å². The van der Waals surface area contributed by atoms with Gasteiger partial charge in [-0.05, 0) is 34.1 Å². The first-order valence-electron chi connectivity index (χ1n) is 7.37. The normalized spacial score (nSPS) is 11.1. The van der Waals surface area contributed by atoms with E-state index < -0.39 is 0 Å². The van der Waals surface area contributed by atoms with Crippen molar-refractivity contribution >= 4 is 17.5 Å². The zero-order valence-electron chi connectivity index (χ0n) is 13.9. The molecular formula is C15H27N5O. The highest BCUT2D eigenvalue weighted by molar-refractivity contribution is 5.81. The number of amides is 1. The molecule has 0 aliphatic carbocycles. The highest BCUT2D eigenvalue weighted by atomic mass is 16.2. The van der Waals surface area contributed by atoms with E-state index in [0.29, 0.717) is 5.82 Å². The van der Waals surface area contributed by atoms with E-state index in [2.05, 4.69) is 32.8 Å². The molecule has 0 aliphatic rings. The Morgan fingerprint density at radius 2 is 1.81 bits per heavy atom. The van der Waals surface area contributed by atoms with Crippen LogP contribution in [0.5, 0.6) is 0 Å². The molecule has 118 valence electrons. The number of anilines is 2. The zero-order valence-corrected chi connectivity index (χ0v) is 13.9. The summed E-state index contributed by atoms with van der Waals surface area (Å²) in [6, 6.07) is 0. The number of carbonyl (C=O) groups is 1. The fourth-order valence-electron chi connectivity index (χ4n) is 1.94. The minimum atomic E-state index is -0.233. The molecule has 0 fully saturated rings. The quantitative estimate of drug-likeness (QED) is 0.748. The summed E-state index contributed by atoms with van der Waals surface area (Å²) < 4.78 is 0. The van der Waals surface area contributed by atoms with E-state index in [0.717, 1.165) is 30.0 Å². The van der Waals surface area contributed by atoms with Gasteiger partial charge in [0, 0.05) is 24.6 Å². The van der Waals surface area contributed by atoms with Crippen LogP contribution < -0.4 is 16.0 Å². The number of nitrogens with zero attached hydrogens (tertiary/aromatic N) is 2. The van der Waals surface area contributed by atoms with E-state index in [1.807, 2.05) is 34.7 Å². The molecule has 21 heavy (non-hydrogen) atoms. The number of hydrogen-bond acceptors (Lipinski definition) is 5. The second kappa shape index (κ2) is 7.24. The molecule has 6 nitrogen and oxygen atoms in total. The number of hydrogen-bond donors (Lipinski definition) is 3. The molecule has 3 N–H and O–H groups in total. The Bertz CT molecular complexity index is 494. The van der Waals surface area contributed by atoms with Crippen LogP contribution in [0.2, 0.25) is 0 Å². The van der Waals surface area contributed by atoms with Gasteiger partial charge in [0.1, 0.15) is 17.5 Å². The number of aromatic nitrogens is 2. The summed E-state index contributed by atoms with van der Waals surface area (Å²) in [4.78, 5) is 20.8. The van der Waals surface area contributed by atoms with E-state index in [9.17, 15) is 4.79 Å². The van der Waals surface area contributed by atoms with Crippen LogP contribution in [-0.2, 0) is 11.2 Å². The van der Waals surface area contributed by atoms with Crippen molar-refractivity contribution in [2.24, 2.45) is 0 Å². The molecule has 0 saturated carbocycles. The number of carbonyl (C=O) groups excluding carboxylic acids is 1. The van der Waals surface area contributed by atoms with Crippen molar-refractivity contribution < 1.29 is 4.79 Å². The van der Waals surface area contributed by atoms with Crippen molar-refractivity contribution in [3.05, 3.63) is 11.4 Å². The standard InChI is InChI=1S/C15H27N5O/c1-7-8-11-18-13(16-6)10(2)14(19-11)17-9-12(21)20-15(3,4)5/h7-9H2,1-6H3,(H,20,21)(H2,16,17,18,19). The molecule has 1 aromatic rings. The SMILES string of the molecule is CCCc1nc(NC)c(C)c(NCC(=O)NC(C)(C)C)n1. The molecular weight excluding hydrogens is 266 g/mol. The number of rotatable bonds is 6. The second-order valence-corrected chi connectivity index (χ2v) is 6.11. The summed E-state index contributed by atoms with van der Waals surface area (Å²) in [5, 5.41) is 9.09. The van der Waals surface area contributed by atoms with E-state index in [4.69, 9.17) is 0 Å². The largest absolute Gasteiger partial charge is 0.373 e. The van der Waals surface area contributed by atoms with Gasteiger partial charge >= 0.3 is 0 Å². The molecule has 1 amide bonds. The second-order valence-electron chi connectivity index (χ2n) is 6.11. The third-order valence-electron chi connectivity index (χ3n) is 2.83. The van der Waals surface area contributed by atoms with Crippen molar-refractivity contribution in [2.45, 2.75) is 53.0 Å². The van der Waals surface area contributed by atoms with E-state index in [-0.39, 0.29) is 18.0 Å². The Morgan fingerprint density at radius 3 is 2.33 bits per heavy atom. The van der Waals surface area contributed by atoms with Gasteiger partial charge in [0.15, 0.2) is 0 Å². The van der Waals surface area contributed by atoms with Crippen molar-refractivity contribution in [3.63, 3.8) is 0 Å². The molecule has 6 heteroatoms. The Hall–Kier alpha value is -1.85. The van der Waals surface area contributed by atoms with Gasteiger partial charge in [-0.3, -0.25) is 4.79 Å². The first kappa shape index (κ1) is 17.2. The Kier molecular flexibility index (Phi) is 5.93. The van der Waals surface area contributed by atoms with Crippen LogP contribution in [0, 0.1) is 6.92 Å². The van der Waals surface area contributed by atoms with Crippen molar-refractivity contribution in [3.8, 4) is 0 Å². The monoisotopic (exact) mass is 293 g/mol. The topological polar surface area (TPSA) is 78.9 Å². The molecule has 1 rings (SSSR count). The molecule has 0 aromatic carbocycles. The predicted molar refractivity (Wildman–Crippen MR) is 86.7 cm³/mol. The van der Waals surface area contributed by atoms with Gasteiger partial charge in [-0.25, -0.2) is 9.97 Å². The molecule has 1 heterocycles. The van der Waals surface area contributed by atoms with Gasteiger partial charge in [0.2, 0.25) is 5.91 Å². The zero-order chi connectivity index (χ0) is 16.0. The number of nitrogens with one attached hydrogen (secondary N) is 3. The Balaban J connectivity index is 2.82. The molecule has 0 atom stereocenters. The van der Waals surface area contributed by atoms with Crippen LogP contribution in [0.15, 0.2) is 0 Å². The van der Waals surface area contributed by atoms with Crippen LogP contribution >= 0.6 is 0 Å². The third-order valence-corrected chi connectivity index (χ3v) is 2.83. The minimum Gasteiger partial charge on any atom is -0.373 e. The van der Waals surface area contributed by atoms with Gasteiger partial charge < -0.3 is 16.0 Å². The fourth-order valence-corrected chi connectivity index (χ4v) is 1.94. The summed E-state index contributed by atoms with van der Waals surface area (Å²) in [6.07, 6.45) is 1.80. The summed E-state index contributed by atoms with van der Waals surface area (Å²) in [7, 11) is 1.83. The molecule has 0 aliphatic heterocycles. The lowest BCUT2D eigenvalue weighted by molar-refractivity contribution is -0.120. The molecule has 0 unspecified atom stereocenters. The van der Waals surface area contributed by atoms with Gasteiger partial charge in [-0.1, -0.05) is 6.92 Å². The maximum atomic E-state index is 11.9. The first-order valence-corrected chi connectivity index (χ1v) is 7.37. The summed E-state index contributed by atoms with van der Waals surface area (Å²) in [6.45, 7) is 10.1. The van der Waals surface area contributed by atoms with Crippen LogP contribution in [0.3, 0.4) is 0 Å². The first-order chi connectivity index (χ1) is 9.76. The average Bonchev–Trinajstić information content (AvgIpc) is 2.37. The van der Waals surface area contributed by atoms with Crippen molar-refractivity contribution in [1.82, 2.24) is 15.3 Å². The predicted octanol–water partition coefficient (Wildman–Crippen LogP) is 2.11.